The number of aryl methyl sites for hydroxylation is 2. The van der Waals surface area contributed by atoms with Crippen molar-refractivity contribution >= 4 is 11.6 Å². The van der Waals surface area contributed by atoms with Gasteiger partial charge in [-0.3, -0.25) is 5.10 Å². The molecule has 26 heavy (non-hydrogen) atoms. The lowest BCUT2D eigenvalue weighted by Crippen LogP contribution is -2.04. The van der Waals surface area contributed by atoms with Crippen LogP contribution in [0.3, 0.4) is 0 Å². The normalized spacial score (nSPS) is 10.9. The van der Waals surface area contributed by atoms with Crippen LogP contribution in [0.2, 0.25) is 0 Å². The van der Waals surface area contributed by atoms with Crippen LogP contribution in [-0.4, -0.2) is 29.9 Å². The minimum absolute atomic E-state index is 0.664. The molecule has 0 saturated heterocycles. The Morgan fingerprint density at radius 2 is 1.81 bits per heavy atom. The highest BCUT2D eigenvalue weighted by molar-refractivity contribution is 5.70. The Kier molecular flexibility index (Phi) is 3.96. The van der Waals surface area contributed by atoms with Crippen molar-refractivity contribution in [2.24, 2.45) is 0 Å². The van der Waals surface area contributed by atoms with E-state index in [1.165, 1.54) is 6.33 Å². The zero-order chi connectivity index (χ0) is 18.1. The van der Waals surface area contributed by atoms with Gasteiger partial charge < -0.3 is 5.32 Å². The first kappa shape index (κ1) is 16.0. The van der Waals surface area contributed by atoms with Gasteiger partial charge in [0.1, 0.15) is 12.1 Å². The molecule has 0 saturated carbocycles. The number of hydrogen-bond acceptors (Lipinski definition) is 5. The Morgan fingerprint density at radius 1 is 1.00 bits per heavy atom. The van der Waals surface area contributed by atoms with Gasteiger partial charge in [0, 0.05) is 17.3 Å². The molecule has 0 atom stereocenters. The summed E-state index contributed by atoms with van der Waals surface area (Å²) in [7, 11) is 0. The largest absolute Gasteiger partial charge is 0.323 e. The minimum Gasteiger partial charge on any atom is -0.323 e. The van der Waals surface area contributed by atoms with Crippen LogP contribution in [0.1, 0.15) is 17.0 Å². The smallest absolute Gasteiger partial charge is 0.159 e. The Hall–Kier alpha value is -3.48. The van der Waals surface area contributed by atoms with Crippen LogP contribution in [0.4, 0.5) is 11.6 Å². The molecule has 3 heterocycles. The molecule has 0 spiro atoms. The van der Waals surface area contributed by atoms with Crippen LogP contribution in [-0.2, 0) is 0 Å². The molecule has 0 amide bonds. The van der Waals surface area contributed by atoms with Crippen molar-refractivity contribution in [1.29, 1.82) is 0 Å². The molecule has 4 aromatic rings. The second kappa shape index (κ2) is 6.44. The summed E-state index contributed by atoms with van der Waals surface area (Å²) < 4.78 is 1.80. The van der Waals surface area contributed by atoms with Gasteiger partial charge in [-0.2, -0.15) is 10.2 Å². The molecule has 2 N–H and O–H groups in total. The molecule has 0 fully saturated rings. The van der Waals surface area contributed by atoms with Gasteiger partial charge in [-0.25, -0.2) is 14.6 Å². The lowest BCUT2D eigenvalue weighted by Gasteiger charge is -2.07. The summed E-state index contributed by atoms with van der Waals surface area (Å²) in [6.45, 7) is 5.98. The average molecular weight is 345 g/mol. The molecule has 7 nitrogen and oxygen atoms in total. The van der Waals surface area contributed by atoms with Crippen molar-refractivity contribution in [1.82, 2.24) is 29.9 Å². The van der Waals surface area contributed by atoms with Crippen LogP contribution in [0.5, 0.6) is 0 Å². The maximum atomic E-state index is 4.47. The maximum absolute atomic E-state index is 4.47. The van der Waals surface area contributed by atoms with E-state index in [-0.39, 0.29) is 0 Å². The molecular weight excluding hydrogens is 326 g/mol. The van der Waals surface area contributed by atoms with E-state index in [0.717, 1.165) is 34.0 Å². The fourth-order valence-corrected chi connectivity index (χ4v) is 2.92. The topological polar surface area (TPSA) is 84.3 Å². The van der Waals surface area contributed by atoms with Gasteiger partial charge in [0.2, 0.25) is 0 Å². The SMILES string of the molecule is Cc1cc(C)n(-c2cc(Nc3n[nH]c(-c4ccccc4)c3C)ncn2)n1. The van der Waals surface area contributed by atoms with Gasteiger partial charge >= 0.3 is 0 Å². The summed E-state index contributed by atoms with van der Waals surface area (Å²) in [5, 5.41) is 15.2. The molecular formula is C19H19N7. The van der Waals surface area contributed by atoms with E-state index in [1.54, 1.807) is 4.68 Å². The second-order valence-electron chi connectivity index (χ2n) is 6.16. The molecule has 4 rings (SSSR count). The molecule has 130 valence electrons. The highest BCUT2D eigenvalue weighted by Gasteiger charge is 2.12. The summed E-state index contributed by atoms with van der Waals surface area (Å²) >= 11 is 0. The van der Waals surface area contributed by atoms with Gasteiger partial charge in [-0.1, -0.05) is 30.3 Å². The molecule has 1 aromatic carbocycles. The van der Waals surface area contributed by atoms with E-state index in [4.69, 9.17) is 0 Å². The van der Waals surface area contributed by atoms with E-state index in [9.17, 15) is 0 Å². The first-order chi connectivity index (χ1) is 12.6. The zero-order valence-corrected chi connectivity index (χ0v) is 14.9. The lowest BCUT2D eigenvalue weighted by molar-refractivity contribution is 0.801. The van der Waals surface area contributed by atoms with E-state index in [2.05, 4.69) is 42.7 Å². The Morgan fingerprint density at radius 3 is 2.54 bits per heavy atom. The van der Waals surface area contributed by atoms with E-state index < -0.39 is 0 Å². The third-order valence-electron chi connectivity index (χ3n) is 4.20. The highest BCUT2D eigenvalue weighted by Crippen LogP contribution is 2.27. The maximum Gasteiger partial charge on any atom is 0.159 e. The summed E-state index contributed by atoms with van der Waals surface area (Å²) in [6.07, 6.45) is 1.52. The fraction of sp³-hybridized carbons (Fsp3) is 0.158. The Labute approximate surface area is 151 Å². The minimum atomic E-state index is 0.664. The molecule has 7 heteroatoms. The molecule has 0 bridgehead atoms. The number of nitrogens with one attached hydrogen (secondary N) is 2. The number of benzene rings is 1. The van der Waals surface area contributed by atoms with Crippen molar-refractivity contribution in [2.45, 2.75) is 20.8 Å². The van der Waals surface area contributed by atoms with Crippen LogP contribution < -0.4 is 5.32 Å². The van der Waals surface area contributed by atoms with Crippen LogP contribution in [0, 0.1) is 20.8 Å². The predicted molar refractivity (Wildman–Crippen MR) is 101 cm³/mol. The predicted octanol–water partition coefficient (Wildman–Crippen LogP) is 3.72. The summed E-state index contributed by atoms with van der Waals surface area (Å²) in [4.78, 5) is 8.62. The number of anilines is 2. The monoisotopic (exact) mass is 345 g/mol. The van der Waals surface area contributed by atoms with Crippen molar-refractivity contribution in [2.75, 3.05) is 5.32 Å². The number of H-pyrrole nitrogens is 1. The first-order valence-electron chi connectivity index (χ1n) is 8.35. The zero-order valence-electron chi connectivity index (χ0n) is 14.9. The summed E-state index contributed by atoms with van der Waals surface area (Å²) in [5.41, 5.74) is 5.08. The van der Waals surface area contributed by atoms with E-state index in [0.29, 0.717) is 11.6 Å². The van der Waals surface area contributed by atoms with E-state index >= 15 is 0 Å². The van der Waals surface area contributed by atoms with Gasteiger partial charge in [-0.15, -0.1) is 0 Å². The average Bonchev–Trinajstić information content (AvgIpc) is 3.18. The van der Waals surface area contributed by atoms with Crippen molar-refractivity contribution in [3.05, 3.63) is 65.7 Å². The third-order valence-corrected chi connectivity index (χ3v) is 4.20. The first-order valence-corrected chi connectivity index (χ1v) is 8.35. The second-order valence-corrected chi connectivity index (χ2v) is 6.16. The van der Waals surface area contributed by atoms with Gasteiger partial charge in [0.15, 0.2) is 11.6 Å². The summed E-state index contributed by atoms with van der Waals surface area (Å²) in [5.74, 6) is 2.11. The molecule has 3 aromatic heterocycles. The van der Waals surface area contributed by atoms with E-state index in [1.807, 2.05) is 51.1 Å². The lowest BCUT2D eigenvalue weighted by atomic mass is 10.1. The van der Waals surface area contributed by atoms with Crippen molar-refractivity contribution in [3.8, 4) is 17.1 Å². The standard InChI is InChI=1S/C19H19N7/c1-12-9-13(2)26(25-12)17-10-16(20-11-21-17)22-19-14(3)18(23-24-19)15-7-5-4-6-8-15/h4-11H,1-3H3,(H2,20,21,22,23,24). The Balaban J connectivity index is 1.64. The van der Waals surface area contributed by atoms with Crippen molar-refractivity contribution < 1.29 is 0 Å². The summed E-state index contributed by atoms with van der Waals surface area (Å²) in [6, 6.07) is 14.0. The molecule has 0 unspecified atom stereocenters. The van der Waals surface area contributed by atoms with Crippen LogP contribution in [0.25, 0.3) is 17.1 Å². The van der Waals surface area contributed by atoms with Crippen molar-refractivity contribution in [3.63, 3.8) is 0 Å². The van der Waals surface area contributed by atoms with Gasteiger partial charge in [0.25, 0.3) is 0 Å². The number of aromatic nitrogens is 6. The highest BCUT2D eigenvalue weighted by atomic mass is 15.3. The number of rotatable bonds is 4. The number of nitrogens with zero attached hydrogens (tertiary/aromatic N) is 5. The molecule has 0 aliphatic rings. The van der Waals surface area contributed by atoms with Crippen LogP contribution >= 0.6 is 0 Å². The third kappa shape index (κ3) is 2.95. The molecule has 0 aliphatic heterocycles. The Bertz CT molecular complexity index is 1050. The fourth-order valence-electron chi connectivity index (χ4n) is 2.92. The van der Waals surface area contributed by atoms with Gasteiger partial charge in [-0.05, 0) is 32.4 Å². The van der Waals surface area contributed by atoms with Gasteiger partial charge in [0.05, 0.1) is 11.4 Å². The number of aromatic amines is 1. The molecule has 0 aliphatic carbocycles. The number of hydrogen-bond donors (Lipinski definition) is 2. The van der Waals surface area contributed by atoms with Crippen LogP contribution in [0.15, 0.2) is 48.8 Å². The molecule has 0 radical (unpaired) electrons. The quantitative estimate of drug-likeness (QED) is 0.589.